The molecule has 122 valence electrons. The minimum absolute atomic E-state index is 0.110. The van der Waals surface area contributed by atoms with Crippen LogP contribution in [-0.2, 0) is 0 Å². The normalized spacial score (nSPS) is 12.2. The maximum atomic E-state index is 10.2. The van der Waals surface area contributed by atoms with Crippen molar-refractivity contribution in [1.29, 1.82) is 0 Å². The molecule has 1 unspecified atom stereocenters. The van der Waals surface area contributed by atoms with Crippen LogP contribution in [-0.4, -0.2) is 31.5 Å². The Balaban J connectivity index is 2.31. The van der Waals surface area contributed by atoms with Gasteiger partial charge < -0.3 is 24.4 Å². The molecule has 2 rings (SSSR count). The molecule has 0 saturated carbocycles. The van der Waals surface area contributed by atoms with Crippen LogP contribution in [0.25, 0.3) is 6.08 Å². The van der Waals surface area contributed by atoms with E-state index in [0.29, 0.717) is 22.8 Å². The number of phenols is 1. The van der Waals surface area contributed by atoms with Gasteiger partial charge in [0.15, 0.2) is 11.5 Å². The number of aliphatic hydroxyl groups is 1. The molecule has 2 N–H and O–H groups in total. The highest BCUT2D eigenvalue weighted by atomic mass is 16.5. The summed E-state index contributed by atoms with van der Waals surface area (Å²) in [6.45, 7) is 0. The van der Waals surface area contributed by atoms with Gasteiger partial charge in [0.2, 0.25) is 0 Å². The van der Waals surface area contributed by atoms with Crippen molar-refractivity contribution in [3.8, 4) is 23.0 Å². The van der Waals surface area contributed by atoms with Crippen LogP contribution in [0.5, 0.6) is 23.0 Å². The van der Waals surface area contributed by atoms with Crippen LogP contribution in [0.4, 0.5) is 0 Å². The quantitative estimate of drug-likeness (QED) is 0.857. The van der Waals surface area contributed by atoms with E-state index >= 15 is 0 Å². The number of hydrogen-bond acceptors (Lipinski definition) is 5. The lowest BCUT2D eigenvalue weighted by Gasteiger charge is -2.12. The maximum Gasteiger partial charge on any atom is 0.164 e. The number of benzene rings is 2. The third kappa shape index (κ3) is 3.96. The first kappa shape index (κ1) is 16.7. The number of methoxy groups -OCH3 is 3. The standard InChI is InChI=1S/C18H20O5/c1-21-16-11-18(23-3)17(22-2)10-13(16)7-8-15(20)12-5-4-6-14(19)9-12/h4-11,15,19-20H,1-3H3/b8-7+. The molecule has 0 fully saturated rings. The van der Waals surface area contributed by atoms with E-state index in [1.165, 1.54) is 6.07 Å². The van der Waals surface area contributed by atoms with Gasteiger partial charge in [0.25, 0.3) is 0 Å². The molecular weight excluding hydrogens is 296 g/mol. The first-order valence-electron chi connectivity index (χ1n) is 7.04. The molecule has 0 spiro atoms. The van der Waals surface area contributed by atoms with Crippen molar-refractivity contribution < 1.29 is 24.4 Å². The summed E-state index contributed by atoms with van der Waals surface area (Å²) in [7, 11) is 4.67. The molecule has 0 aliphatic carbocycles. The fourth-order valence-corrected chi connectivity index (χ4v) is 2.20. The van der Waals surface area contributed by atoms with Crippen molar-refractivity contribution in [3.05, 3.63) is 53.6 Å². The van der Waals surface area contributed by atoms with Crippen molar-refractivity contribution in [2.45, 2.75) is 6.10 Å². The fraction of sp³-hybridized carbons (Fsp3) is 0.222. The molecule has 0 aliphatic heterocycles. The average molecular weight is 316 g/mol. The number of aliphatic hydroxyl groups excluding tert-OH is 1. The van der Waals surface area contributed by atoms with E-state index < -0.39 is 6.10 Å². The summed E-state index contributed by atoms with van der Waals surface area (Å²) in [6, 6.07) is 9.97. The van der Waals surface area contributed by atoms with E-state index in [0.717, 1.165) is 5.56 Å². The Hall–Kier alpha value is -2.66. The van der Waals surface area contributed by atoms with Gasteiger partial charge in [-0.2, -0.15) is 0 Å². The average Bonchev–Trinajstić information content (AvgIpc) is 2.58. The first-order valence-corrected chi connectivity index (χ1v) is 7.04. The molecule has 0 radical (unpaired) electrons. The van der Waals surface area contributed by atoms with Crippen LogP contribution < -0.4 is 14.2 Å². The highest BCUT2D eigenvalue weighted by Crippen LogP contribution is 2.35. The Kier molecular flexibility index (Phi) is 5.49. The van der Waals surface area contributed by atoms with Gasteiger partial charge in [0, 0.05) is 11.6 Å². The molecular formula is C18H20O5. The molecule has 1 atom stereocenters. The van der Waals surface area contributed by atoms with Gasteiger partial charge in [-0.1, -0.05) is 24.3 Å². The molecule has 5 nitrogen and oxygen atoms in total. The van der Waals surface area contributed by atoms with Crippen molar-refractivity contribution >= 4 is 6.08 Å². The minimum Gasteiger partial charge on any atom is -0.508 e. The summed E-state index contributed by atoms with van der Waals surface area (Å²) < 4.78 is 15.8. The summed E-state index contributed by atoms with van der Waals surface area (Å²) in [6.07, 6.45) is 2.49. The number of hydrogen-bond donors (Lipinski definition) is 2. The predicted octanol–water partition coefficient (Wildman–Crippen LogP) is 3.16. The lowest BCUT2D eigenvalue weighted by atomic mass is 10.1. The smallest absolute Gasteiger partial charge is 0.164 e. The van der Waals surface area contributed by atoms with E-state index in [9.17, 15) is 10.2 Å². The van der Waals surface area contributed by atoms with E-state index in [4.69, 9.17) is 14.2 Å². The van der Waals surface area contributed by atoms with E-state index in [-0.39, 0.29) is 5.75 Å². The van der Waals surface area contributed by atoms with Crippen LogP contribution in [0.2, 0.25) is 0 Å². The predicted molar refractivity (Wildman–Crippen MR) is 88.2 cm³/mol. The molecule has 0 saturated heterocycles. The van der Waals surface area contributed by atoms with Crippen LogP contribution in [0.1, 0.15) is 17.2 Å². The second-order valence-electron chi connectivity index (χ2n) is 4.85. The molecule has 0 bridgehead atoms. The van der Waals surface area contributed by atoms with Gasteiger partial charge in [0.1, 0.15) is 11.5 Å². The van der Waals surface area contributed by atoms with Crippen molar-refractivity contribution in [2.75, 3.05) is 21.3 Å². The highest BCUT2D eigenvalue weighted by Gasteiger charge is 2.11. The van der Waals surface area contributed by atoms with Crippen molar-refractivity contribution in [3.63, 3.8) is 0 Å². The van der Waals surface area contributed by atoms with Crippen LogP contribution in [0.3, 0.4) is 0 Å². The third-order valence-electron chi connectivity index (χ3n) is 3.41. The number of phenolic OH excluding ortho intramolecular Hbond substituents is 1. The largest absolute Gasteiger partial charge is 0.508 e. The molecule has 0 amide bonds. The zero-order valence-electron chi connectivity index (χ0n) is 13.3. The second-order valence-corrected chi connectivity index (χ2v) is 4.85. The van der Waals surface area contributed by atoms with Gasteiger partial charge in [-0.05, 0) is 23.8 Å². The Morgan fingerprint density at radius 3 is 2.17 bits per heavy atom. The number of rotatable bonds is 6. The van der Waals surface area contributed by atoms with Crippen molar-refractivity contribution in [1.82, 2.24) is 0 Å². The molecule has 2 aromatic rings. The molecule has 0 heterocycles. The highest BCUT2D eigenvalue weighted by molar-refractivity contribution is 5.64. The zero-order chi connectivity index (χ0) is 16.8. The Labute approximate surface area is 135 Å². The lowest BCUT2D eigenvalue weighted by Crippen LogP contribution is -1.95. The number of ether oxygens (including phenoxy) is 3. The van der Waals surface area contributed by atoms with Gasteiger partial charge in [-0.3, -0.25) is 0 Å². The molecule has 2 aromatic carbocycles. The monoisotopic (exact) mass is 316 g/mol. The third-order valence-corrected chi connectivity index (χ3v) is 3.41. The zero-order valence-corrected chi connectivity index (χ0v) is 13.3. The van der Waals surface area contributed by atoms with Gasteiger partial charge >= 0.3 is 0 Å². The summed E-state index contributed by atoms with van der Waals surface area (Å²) in [4.78, 5) is 0. The molecule has 0 aromatic heterocycles. The summed E-state index contributed by atoms with van der Waals surface area (Å²) in [5.74, 6) is 1.84. The molecule has 0 aliphatic rings. The Morgan fingerprint density at radius 1 is 0.913 bits per heavy atom. The molecule has 5 heteroatoms. The van der Waals surface area contributed by atoms with Gasteiger partial charge in [-0.25, -0.2) is 0 Å². The van der Waals surface area contributed by atoms with Crippen molar-refractivity contribution in [2.24, 2.45) is 0 Å². The van der Waals surface area contributed by atoms with Crippen LogP contribution >= 0.6 is 0 Å². The minimum atomic E-state index is -0.847. The summed E-state index contributed by atoms with van der Waals surface area (Å²) >= 11 is 0. The second kappa shape index (κ2) is 7.56. The molecule has 23 heavy (non-hydrogen) atoms. The summed E-state index contributed by atoms with van der Waals surface area (Å²) in [5, 5.41) is 19.7. The Bertz CT molecular complexity index is 694. The first-order chi connectivity index (χ1) is 11.1. The lowest BCUT2D eigenvalue weighted by molar-refractivity contribution is 0.229. The Morgan fingerprint density at radius 2 is 1.57 bits per heavy atom. The van der Waals surface area contributed by atoms with Gasteiger partial charge in [0.05, 0.1) is 27.4 Å². The summed E-state index contributed by atoms with van der Waals surface area (Å²) in [5.41, 5.74) is 1.34. The topological polar surface area (TPSA) is 68.2 Å². The maximum absolute atomic E-state index is 10.2. The van der Waals surface area contributed by atoms with E-state index in [2.05, 4.69) is 0 Å². The van der Waals surface area contributed by atoms with E-state index in [1.54, 1.807) is 63.8 Å². The van der Waals surface area contributed by atoms with E-state index in [1.807, 2.05) is 0 Å². The van der Waals surface area contributed by atoms with Gasteiger partial charge in [-0.15, -0.1) is 0 Å². The van der Waals surface area contributed by atoms with Crippen LogP contribution in [0.15, 0.2) is 42.5 Å². The van der Waals surface area contributed by atoms with Crippen LogP contribution in [0, 0.1) is 0 Å². The number of aromatic hydroxyl groups is 1. The fourth-order valence-electron chi connectivity index (χ4n) is 2.20. The SMILES string of the molecule is COc1cc(OC)c(OC)cc1/C=C/C(O)c1cccc(O)c1.